The molecular weight excluding hydrogens is 352 g/mol. The Labute approximate surface area is 127 Å². The molecule has 0 fully saturated rings. The third kappa shape index (κ3) is 3.54. The van der Waals surface area contributed by atoms with E-state index in [4.69, 9.17) is 0 Å². The lowest BCUT2D eigenvalue weighted by atomic mass is 9.95. The molecule has 1 N–H and O–H groups in total. The van der Waals surface area contributed by atoms with E-state index in [1.807, 2.05) is 13.0 Å². The minimum absolute atomic E-state index is 0.114. The molecule has 0 radical (unpaired) electrons. The summed E-state index contributed by atoms with van der Waals surface area (Å²) in [6, 6.07) is 13.5. The Balaban J connectivity index is 2.41. The summed E-state index contributed by atoms with van der Waals surface area (Å²) in [5.74, 6) is -0.181. The van der Waals surface area contributed by atoms with Crippen molar-refractivity contribution in [2.45, 2.75) is 19.9 Å². The van der Waals surface area contributed by atoms with E-state index in [-0.39, 0.29) is 11.9 Å². The summed E-state index contributed by atoms with van der Waals surface area (Å²) in [5, 5.41) is 3.47. The zero-order valence-electron chi connectivity index (χ0n) is 11.1. The predicted octanol–water partition coefficient (Wildman–Crippen LogP) is 4.44. The van der Waals surface area contributed by atoms with Gasteiger partial charge in [0.15, 0.2) is 0 Å². The lowest BCUT2D eigenvalue weighted by molar-refractivity contribution is 0.610. The van der Waals surface area contributed by atoms with Gasteiger partial charge in [0.05, 0.1) is 6.04 Å². The molecule has 1 unspecified atom stereocenters. The zero-order valence-corrected chi connectivity index (χ0v) is 13.2. The van der Waals surface area contributed by atoms with Crippen LogP contribution < -0.4 is 5.32 Å². The summed E-state index contributed by atoms with van der Waals surface area (Å²) >= 11 is 2.30. The Morgan fingerprint density at radius 3 is 2.42 bits per heavy atom. The van der Waals surface area contributed by atoms with Crippen molar-refractivity contribution in [3.05, 3.63) is 68.5 Å². The first-order valence-corrected chi connectivity index (χ1v) is 7.44. The summed E-state index contributed by atoms with van der Waals surface area (Å²) in [6.07, 6.45) is 0. The van der Waals surface area contributed by atoms with Gasteiger partial charge in [0.1, 0.15) is 5.82 Å². The SMILES string of the molecule is CCNC(c1ccc(I)cc1)c1ccc(F)cc1C. The number of halogens is 2. The molecule has 19 heavy (non-hydrogen) atoms. The summed E-state index contributed by atoms with van der Waals surface area (Å²) < 4.78 is 14.4. The maximum Gasteiger partial charge on any atom is 0.123 e. The summed E-state index contributed by atoms with van der Waals surface area (Å²) in [6.45, 7) is 4.90. The van der Waals surface area contributed by atoms with Gasteiger partial charge in [-0.1, -0.05) is 25.1 Å². The van der Waals surface area contributed by atoms with Crippen molar-refractivity contribution in [2.75, 3.05) is 6.54 Å². The van der Waals surface area contributed by atoms with E-state index >= 15 is 0 Å². The smallest absolute Gasteiger partial charge is 0.123 e. The fraction of sp³-hybridized carbons (Fsp3) is 0.250. The van der Waals surface area contributed by atoms with Gasteiger partial charge in [-0.3, -0.25) is 0 Å². The standard InChI is InChI=1S/C16H17FIN/c1-3-19-16(12-4-7-14(18)8-5-12)15-9-6-13(17)10-11(15)2/h4-10,16,19H,3H2,1-2H3. The first-order chi connectivity index (χ1) is 9.11. The van der Waals surface area contributed by atoms with E-state index in [9.17, 15) is 4.39 Å². The topological polar surface area (TPSA) is 12.0 Å². The van der Waals surface area contributed by atoms with E-state index in [0.29, 0.717) is 0 Å². The highest BCUT2D eigenvalue weighted by Gasteiger charge is 2.15. The maximum atomic E-state index is 13.2. The van der Waals surface area contributed by atoms with Crippen molar-refractivity contribution < 1.29 is 4.39 Å². The molecule has 0 aliphatic carbocycles. The van der Waals surface area contributed by atoms with Crippen molar-refractivity contribution in [1.82, 2.24) is 5.32 Å². The van der Waals surface area contributed by atoms with E-state index in [1.165, 1.54) is 15.2 Å². The summed E-state index contributed by atoms with van der Waals surface area (Å²) in [5.41, 5.74) is 3.31. The highest BCUT2D eigenvalue weighted by atomic mass is 127. The minimum Gasteiger partial charge on any atom is -0.307 e. The van der Waals surface area contributed by atoms with Crippen LogP contribution in [0.25, 0.3) is 0 Å². The lowest BCUT2D eigenvalue weighted by Gasteiger charge is -2.21. The molecule has 0 saturated heterocycles. The van der Waals surface area contributed by atoms with Gasteiger partial charge in [-0.2, -0.15) is 0 Å². The van der Waals surface area contributed by atoms with Crippen LogP contribution in [-0.4, -0.2) is 6.54 Å². The van der Waals surface area contributed by atoms with E-state index in [2.05, 4.69) is 59.1 Å². The molecule has 0 aromatic heterocycles. The monoisotopic (exact) mass is 369 g/mol. The van der Waals surface area contributed by atoms with Crippen molar-refractivity contribution >= 4 is 22.6 Å². The van der Waals surface area contributed by atoms with Crippen molar-refractivity contribution in [3.63, 3.8) is 0 Å². The molecule has 0 amide bonds. The van der Waals surface area contributed by atoms with Crippen molar-refractivity contribution in [3.8, 4) is 0 Å². The molecule has 0 saturated carbocycles. The van der Waals surface area contributed by atoms with Crippen LogP contribution in [0.2, 0.25) is 0 Å². The molecule has 0 aliphatic heterocycles. The van der Waals surface area contributed by atoms with Crippen molar-refractivity contribution in [1.29, 1.82) is 0 Å². The van der Waals surface area contributed by atoms with Crippen LogP contribution in [0.15, 0.2) is 42.5 Å². The van der Waals surface area contributed by atoms with Gasteiger partial charge >= 0.3 is 0 Å². The predicted molar refractivity (Wildman–Crippen MR) is 85.8 cm³/mol. The van der Waals surface area contributed by atoms with Gasteiger partial charge in [0.2, 0.25) is 0 Å². The van der Waals surface area contributed by atoms with Gasteiger partial charge in [0, 0.05) is 3.57 Å². The van der Waals surface area contributed by atoms with Crippen LogP contribution >= 0.6 is 22.6 Å². The highest BCUT2D eigenvalue weighted by Crippen LogP contribution is 2.26. The second-order valence-electron chi connectivity index (χ2n) is 4.54. The molecule has 2 aromatic carbocycles. The molecule has 2 rings (SSSR count). The van der Waals surface area contributed by atoms with Gasteiger partial charge in [-0.25, -0.2) is 4.39 Å². The second kappa shape index (κ2) is 6.48. The Morgan fingerprint density at radius 2 is 1.84 bits per heavy atom. The molecular formula is C16H17FIN. The fourth-order valence-electron chi connectivity index (χ4n) is 2.23. The van der Waals surface area contributed by atoms with Gasteiger partial charge < -0.3 is 5.32 Å². The Morgan fingerprint density at radius 1 is 1.16 bits per heavy atom. The third-order valence-electron chi connectivity index (χ3n) is 3.15. The van der Waals surface area contributed by atoms with Crippen LogP contribution in [0.4, 0.5) is 4.39 Å². The first kappa shape index (κ1) is 14.5. The number of hydrogen-bond acceptors (Lipinski definition) is 1. The van der Waals surface area contributed by atoms with E-state index in [1.54, 1.807) is 6.07 Å². The Bertz CT molecular complexity index is 551. The molecule has 1 nitrogen and oxygen atoms in total. The molecule has 3 heteroatoms. The average molecular weight is 369 g/mol. The maximum absolute atomic E-state index is 13.2. The first-order valence-electron chi connectivity index (χ1n) is 6.36. The summed E-state index contributed by atoms with van der Waals surface area (Å²) in [4.78, 5) is 0. The average Bonchev–Trinajstić information content (AvgIpc) is 2.38. The third-order valence-corrected chi connectivity index (χ3v) is 3.87. The second-order valence-corrected chi connectivity index (χ2v) is 5.79. The van der Waals surface area contributed by atoms with Crippen LogP contribution in [-0.2, 0) is 0 Å². The molecule has 1 atom stereocenters. The molecule has 0 aliphatic rings. The number of rotatable bonds is 4. The fourth-order valence-corrected chi connectivity index (χ4v) is 2.59. The molecule has 0 bridgehead atoms. The van der Waals surface area contributed by atoms with Crippen LogP contribution in [0.3, 0.4) is 0 Å². The molecule has 0 heterocycles. The van der Waals surface area contributed by atoms with Crippen LogP contribution in [0.5, 0.6) is 0 Å². The van der Waals surface area contributed by atoms with Crippen LogP contribution in [0.1, 0.15) is 29.7 Å². The van der Waals surface area contributed by atoms with Gasteiger partial charge in [-0.05, 0) is 77.0 Å². The largest absolute Gasteiger partial charge is 0.307 e. The lowest BCUT2D eigenvalue weighted by Crippen LogP contribution is -2.22. The Hall–Kier alpha value is -0.940. The highest BCUT2D eigenvalue weighted by molar-refractivity contribution is 14.1. The molecule has 100 valence electrons. The van der Waals surface area contributed by atoms with Crippen LogP contribution in [0, 0.1) is 16.3 Å². The normalized spacial score (nSPS) is 12.4. The van der Waals surface area contributed by atoms with Crippen molar-refractivity contribution in [2.24, 2.45) is 0 Å². The number of hydrogen-bond donors (Lipinski definition) is 1. The quantitative estimate of drug-likeness (QED) is 0.786. The number of benzene rings is 2. The Kier molecular flexibility index (Phi) is 4.93. The number of nitrogens with one attached hydrogen (secondary N) is 1. The molecule has 2 aromatic rings. The number of aryl methyl sites for hydroxylation is 1. The minimum atomic E-state index is -0.181. The molecule has 0 spiro atoms. The van der Waals surface area contributed by atoms with E-state index in [0.717, 1.165) is 17.7 Å². The van der Waals surface area contributed by atoms with Gasteiger partial charge in [0.25, 0.3) is 0 Å². The summed E-state index contributed by atoms with van der Waals surface area (Å²) in [7, 11) is 0. The van der Waals surface area contributed by atoms with Gasteiger partial charge in [-0.15, -0.1) is 0 Å². The zero-order chi connectivity index (χ0) is 13.8. The van der Waals surface area contributed by atoms with E-state index < -0.39 is 0 Å².